The molecular formula is C35H40N2O4. The van der Waals surface area contributed by atoms with Crippen molar-refractivity contribution in [3.63, 3.8) is 0 Å². The van der Waals surface area contributed by atoms with Gasteiger partial charge in [-0.1, -0.05) is 81.4 Å². The molecule has 1 aliphatic heterocycles. The Kier molecular flexibility index (Phi) is 11.2. The zero-order valence-electron chi connectivity index (χ0n) is 25.2. The smallest absolute Gasteiger partial charge is 0.360 e. The Morgan fingerprint density at radius 2 is 1.66 bits per heavy atom. The van der Waals surface area contributed by atoms with Crippen LogP contribution in [0.1, 0.15) is 61.9 Å². The summed E-state index contributed by atoms with van der Waals surface area (Å²) in [5.41, 5.74) is 5.92. The van der Waals surface area contributed by atoms with E-state index in [0.29, 0.717) is 24.7 Å². The fraction of sp³-hybridized carbons (Fsp3) is 0.314. The van der Waals surface area contributed by atoms with Gasteiger partial charge in [-0.05, 0) is 49.4 Å². The van der Waals surface area contributed by atoms with E-state index >= 15 is 0 Å². The Morgan fingerprint density at radius 1 is 1.02 bits per heavy atom. The van der Waals surface area contributed by atoms with E-state index in [0.717, 1.165) is 45.7 Å². The molecule has 0 fully saturated rings. The van der Waals surface area contributed by atoms with Crippen molar-refractivity contribution in [2.24, 2.45) is 11.0 Å². The second kappa shape index (κ2) is 14.8. The summed E-state index contributed by atoms with van der Waals surface area (Å²) in [7, 11) is 1.37. The number of aryl methyl sites for hydroxylation is 2. The molecule has 6 heteroatoms. The number of fused-ring (bicyclic) bond motifs is 1. The van der Waals surface area contributed by atoms with Crippen molar-refractivity contribution < 1.29 is 19.0 Å². The number of benzene rings is 3. The minimum Gasteiger partial charge on any atom is -0.486 e. The van der Waals surface area contributed by atoms with E-state index in [2.05, 4.69) is 19.8 Å². The summed E-state index contributed by atoms with van der Waals surface area (Å²) in [4.78, 5) is 13.1. The number of para-hydroxylation sites is 1. The van der Waals surface area contributed by atoms with Crippen LogP contribution in [-0.2, 0) is 27.4 Å². The molecule has 3 aromatic carbocycles. The number of ether oxygens (including phenoxy) is 3. The quantitative estimate of drug-likeness (QED) is 0.161. The Hall–Kier alpha value is -4.50. The van der Waals surface area contributed by atoms with E-state index < -0.39 is 5.97 Å². The van der Waals surface area contributed by atoms with Gasteiger partial charge in [-0.3, -0.25) is 5.01 Å². The van der Waals surface area contributed by atoms with E-state index in [9.17, 15) is 4.79 Å². The lowest BCUT2D eigenvalue weighted by atomic mass is 9.98. The topological polar surface area (TPSA) is 60.4 Å². The SMILES string of the molecule is C#CCC.COC(=O)C1=C(OCc2ccccc2)c2cccc(Oc3c(C)cccc3C)c2CN1/N=C(\C)C(C)C. The highest BCUT2D eigenvalue weighted by Gasteiger charge is 2.34. The molecule has 0 aromatic heterocycles. The summed E-state index contributed by atoms with van der Waals surface area (Å²) < 4.78 is 18.1. The van der Waals surface area contributed by atoms with Crippen LogP contribution < -0.4 is 4.74 Å². The number of hydrazone groups is 1. The maximum absolute atomic E-state index is 13.1. The molecule has 0 amide bonds. The van der Waals surface area contributed by atoms with Gasteiger partial charge in [-0.2, -0.15) is 5.10 Å². The summed E-state index contributed by atoms with van der Waals surface area (Å²) in [5.74, 6) is 4.07. The summed E-state index contributed by atoms with van der Waals surface area (Å²) in [6.07, 6.45) is 5.62. The van der Waals surface area contributed by atoms with Crippen molar-refractivity contribution >= 4 is 17.4 Å². The van der Waals surface area contributed by atoms with Gasteiger partial charge < -0.3 is 14.2 Å². The lowest BCUT2D eigenvalue weighted by molar-refractivity contribution is -0.138. The Bertz CT molecular complexity index is 1430. The molecule has 214 valence electrons. The van der Waals surface area contributed by atoms with Crippen LogP contribution in [0.25, 0.3) is 5.76 Å². The van der Waals surface area contributed by atoms with Crippen LogP contribution in [0.4, 0.5) is 0 Å². The minimum atomic E-state index is -0.505. The number of carbonyl (C=O) groups is 1. The zero-order chi connectivity index (χ0) is 29.9. The van der Waals surface area contributed by atoms with Crippen molar-refractivity contribution in [1.82, 2.24) is 5.01 Å². The van der Waals surface area contributed by atoms with Crippen molar-refractivity contribution in [1.29, 1.82) is 0 Å². The second-order valence-electron chi connectivity index (χ2n) is 10.1. The average Bonchev–Trinajstić information content (AvgIpc) is 2.98. The molecule has 0 saturated heterocycles. The predicted octanol–water partition coefficient (Wildman–Crippen LogP) is 8.03. The molecule has 1 aliphatic rings. The molecule has 6 nitrogen and oxygen atoms in total. The van der Waals surface area contributed by atoms with Gasteiger partial charge in [-0.15, -0.1) is 12.3 Å². The standard InChI is InChI=1S/C31H34N2O4.C4H6/c1-20(2)23(5)32-33-18-26-25(16-11-17-27(26)37-29-21(3)12-10-13-22(29)4)30(28(33)31(34)35-6)36-19-24-14-8-7-9-15-24;1-3-4-2/h7-17,20H,18-19H2,1-6H3;1H,4H2,2H3/b32-23+;. The predicted molar refractivity (Wildman–Crippen MR) is 165 cm³/mol. The summed E-state index contributed by atoms with van der Waals surface area (Å²) in [5, 5.41) is 6.51. The van der Waals surface area contributed by atoms with Crippen molar-refractivity contribution in [3.05, 3.63) is 100 Å². The number of terminal acetylenes is 1. The van der Waals surface area contributed by atoms with Crippen molar-refractivity contribution in [2.45, 2.75) is 61.1 Å². The van der Waals surface area contributed by atoms with E-state index in [4.69, 9.17) is 25.7 Å². The maximum atomic E-state index is 13.1. The molecule has 0 bridgehead atoms. The molecule has 0 saturated carbocycles. The first-order chi connectivity index (χ1) is 19.7. The highest BCUT2D eigenvalue weighted by atomic mass is 16.5. The normalized spacial score (nSPS) is 12.7. The van der Waals surface area contributed by atoms with Crippen LogP contribution in [0.2, 0.25) is 0 Å². The van der Waals surface area contributed by atoms with Gasteiger partial charge in [0.15, 0.2) is 11.5 Å². The van der Waals surface area contributed by atoms with Crippen LogP contribution in [0.3, 0.4) is 0 Å². The number of rotatable bonds is 8. The molecule has 1 heterocycles. The Morgan fingerprint density at radius 3 is 2.24 bits per heavy atom. The summed E-state index contributed by atoms with van der Waals surface area (Å²) in [6, 6.07) is 21.7. The Labute approximate surface area is 244 Å². The van der Waals surface area contributed by atoms with E-state index in [1.165, 1.54) is 7.11 Å². The van der Waals surface area contributed by atoms with Crippen molar-refractivity contribution in [3.8, 4) is 23.8 Å². The summed E-state index contributed by atoms with van der Waals surface area (Å²) >= 11 is 0. The van der Waals surface area contributed by atoms with Gasteiger partial charge in [0.2, 0.25) is 0 Å². The second-order valence-corrected chi connectivity index (χ2v) is 10.1. The number of carbonyl (C=O) groups excluding carboxylic acids is 1. The van der Waals surface area contributed by atoms with Crippen LogP contribution >= 0.6 is 0 Å². The van der Waals surface area contributed by atoms with Crippen LogP contribution in [0.15, 0.2) is 77.5 Å². The lowest BCUT2D eigenvalue weighted by Crippen LogP contribution is -2.31. The van der Waals surface area contributed by atoms with Crippen molar-refractivity contribution in [2.75, 3.05) is 7.11 Å². The third-order valence-electron chi connectivity index (χ3n) is 6.70. The lowest BCUT2D eigenvalue weighted by Gasteiger charge is -2.31. The number of nitrogens with zero attached hydrogens (tertiary/aromatic N) is 2. The van der Waals surface area contributed by atoms with Crippen LogP contribution in [0, 0.1) is 32.1 Å². The Balaban J connectivity index is 0.00000108. The van der Waals surface area contributed by atoms with Gasteiger partial charge in [0, 0.05) is 23.3 Å². The first-order valence-electron chi connectivity index (χ1n) is 13.8. The molecule has 0 atom stereocenters. The van der Waals surface area contributed by atoms with Gasteiger partial charge in [0.25, 0.3) is 0 Å². The highest BCUT2D eigenvalue weighted by Crippen LogP contribution is 2.41. The number of esters is 1. The maximum Gasteiger partial charge on any atom is 0.360 e. The highest BCUT2D eigenvalue weighted by molar-refractivity contribution is 5.97. The molecular weight excluding hydrogens is 512 g/mol. The minimum absolute atomic E-state index is 0.204. The van der Waals surface area contributed by atoms with Crippen LogP contribution in [0.5, 0.6) is 11.5 Å². The number of hydrogen-bond donors (Lipinski definition) is 0. The molecule has 0 N–H and O–H groups in total. The molecule has 3 aromatic rings. The summed E-state index contributed by atoms with van der Waals surface area (Å²) in [6.45, 7) is 12.7. The molecule has 0 unspecified atom stereocenters. The first-order valence-corrected chi connectivity index (χ1v) is 13.8. The van der Waals surface area contributed by atoms with Gasteiger partial charge >= 0.3 is 5.97 Å². The third-order valence-corrected chi connectivity index (χ3v) is 6.70. The fourth-order valence-corrected chi connectivity index (χ4v) is 4.14. The molecule has 0 spiro atoms. The van der Waals surface area contributed by atoms with E-state index in [1.807, 2.05) is 94.4 Å². The van der Waals surface area contributed by atoms with Crippen LogP contribution in [-0.4, -0.2) is 23.8 Å². The zero-order valence-corrected chi connectivity index (χ0v) is 25.2. The van der Waals surface area contributed by atoms with Gasteiger partial charge in [-0.25, -0.2) is 4.79 Å². The van der Waals surface area contributed by atoms with E-state index in [-0.39, 0.29) is 11.6 Å². The molecule has 0 radical (unpaired) electrons. The number of methoxy groups -OCH3 is 1. The molecule has 41 heavy (non-hydrogen) atoms. The molecule has 0 aliphatic carbocycles. The van der Waals surface area contributed by atoms with Gasteiger partial charge in [0.05, 0.1) is 13.7 Å². The average molecular weight is 553 g/mol. The molecule has 4 rings (SSSR count). The van der Waals surface area contributed by atoms with E-state index in [1.54, 1.807) is 5.01 Å². The third kappa shape index (κ3) is 7.79. The largest absolute Gasteiger partial charge is 0.486 e. The first kappa shape index (κ1) is 31.0. The monoisotopic (exact) mass is 552 g/mol. The number of hydrogen-bond acceptors (Lipinski definition) is 6. The fourth-order valence-electron chi connectivity index (χ4n) is 4.14. The van der Waals surface area contributed by atoms with Gasteiger partial charge in [0.1, 0.15) is 18.1 Å².